The number of nitrogens with zero attached hydrogens (tertiary/aromatic N) is 1. The number of unbranched alkanes of at least 4 members (excludes halogenated alkanes) is 1. The highest BCUT2D eigenvalue weighted by Gasteiger charge is 2.21. The van der Waals surface area contributed by atoms with Crippen molar-refractivity contribution in [3.8, 4) is 33.8 Å². The van der Waals surface area contributed by atoms with Crippen LogP contribution in [0.3, 0.4) is 0 Å². The quantitative estimate of drug-likeness (QED) is 0.430. The first-order valence-electron chi connectivity index (χ1n) is 10.2. The number of sulfone groups is 1. The van der Waals surface area contributed by atoms with E-state index in [0.29, 0.717) is 50.9 Å². The molecule has 0 spiro atoms. The van der Waals surface area contributed by atoms with Gasteiger partial charge in [-0.2, -0.15) is 0 Å². The molecule has 6 nitrogen and oxygen atoms in total. The third-order valence-electron chi connectivity index (χ3n) is 4.99. The number of hydrogen-bond acceptors (Lipinski definition) is 6. The Hall–Kier alpha value is -2.61. The van der Waals surface area contributed by atoms with Crippen LogP contribution in [0.5, 0.6) is 11.5 Å². The lowest BCUT2D eigenvalue weighted by atomic mass is 9.93. The van der Waals surface area contributed by atoms with E-state index >= 15 is 0 Å². The van der Waals surface area contributed by atoms with E-state index in [1.54, 1.807) is 36.7 Å². The summed E-state index contributed by atoms with van der Waals surface area (Å²) in [6.07, 6.45) is 6.16. The van der Waals surface area contributed by atoms with Gasteiger partial charge >= 0.3 is 0 Å². The zero-order chi connectivity index (χ0) is 23.3. The van der Waals surface area contributed by atoms with E-state index in [-0.39, 0.29) is 11.5 Å². The summed E-state index contributed by atoms with van der Waals surface area (Å²) in [4.78, 5) is 4.38. The van der Waals surface area contributed by atoms with Gasteiger partial charge in [0.25, 0.3) is 0 Å². The Bertz CT molecular complexity index is 1210. The van der Waals surface area contributed by atoms with Crippen molar-refractivity contribution in [2.24, 2.45) is 0 Å². The van der Waals surface area contributed by atoms with Gasteiger partial charge in [-0.25, -0.2) is 8.42 Å². The normalized spacial score (nSPS) is 11.4. The number of benzene rings is 2. The monoisotopic (exact) mass is 475 g/mol. The Morgan fingerprint density at radius 1 is 1.06 bits per heavy atom. The van der Waals surface area contributed by atoms with E-state index in [2.05, 4.69) is 11.9 Å². The second-order valence-electron chi connectivity index (χ2n) is 7.41. The average Bonchev–Trinajstić information content (AvgIpc) is 2.78. The summed E-state index contributed by atoms with van der Waals surface area (Å²) in [5, 5.41) is 10.0. The van der Waals surface area contributed by atoms with Crippen LogP contribution in [0.1, 0.15) is 25.3 Å². The Morgan fingerprint density at radius 2 is 1.84 bits per heavy atom. The van der Waals surface area contributed by atoms with Crippen molar-refractivity contribution in [2.45, 2.75) is 31.3 Å². The van der Waals surface area contributed by atoms with Crippen molar-refractivity contribution < 1.29 is 23.0 Å². The molecule has 3 rings (SSSR count). The topological polar surface area (TPSA) is 85.7 Å². The molecule has 0 bridgehead atoms. The van der Waals surface area contributed by atoms with Gasteiger partial charge in [-0.1, -0.05) is 31.0 Å². The second-order valence-corrected chi connectivity index (χ2v) is 9.83. The summed E-state index contributed by atoms with van der Waals surface area (Å²) in [6.45, 7) is 2.32. The van der Waals surface area contributed by atoms with E-state index in [1.165, 1.54) is 7.11 Å². The molecule has 0 aliphatic heterocycles. The lowest BCUT2D eigenvalue weighted by Gasteiger charge is -2.19. The van der Waals surface area contributed by atoms with Crippen LogP contribution in [-0.2, 0) is 16.4 Å². The second kappa shape index (κ2) is 10.3. The first kappa shape index (κ1) is 24.0. The van der Waals surface area contributed by atoms with Gasteiger partial charge in [-0.3, -0.25) is 4.98 Å². The van der Waals surface area contributed by atoms with Crippen molar-refractivity contribution in [1.82, 2.24) is 4.98 Å². The molecule has 0 amide bonds. The van der Waals surface area contributed by atoms with Gasteiger partial charge in [0.1, 0.15) is 11.5 Å². The van der Waals surface area contributed by atoms with Crippen LogP contribution in [0.25, 0.3) is 22.3 Å². The molecule has 0 saturated heterocycles. The van der Waals surface area contributed by atoms with Crippen molar-refractivity contribution in [2.75, 3.05) is 20.0 Å². The highest BCUT2D eigenvalue weighted by Crippen LogP contribution is 2.43. The Kier molecular flexibility index (Phi) is 7.77. The van der Waals surface area contributed by atoms with Gasteiger partial charge in [-0.05, 0) is 53.4 Å². The van der Waals surface area contributed by atoms with Crippen LogP contribution in [0.2, 0.25) is 5.02 Å². The number of rotatable bonds is 9. The molecule has 0 aliphatic rings. The van der Waals surface area contributed by atoms with Gasteiger partial charge in [-0.15, -0.1) is 0 Å². The summed E-state index contributed by atoms with van der Waals surface area (Å²) in [5.74, 6) is 0.944. The number of aliphatic hydroxyl groups excluding tert-OH is 1. The first-order valence-corrected chi connectivity index (χ1v) is 12.4. The molecule has 32 heavy (non-hydrogen) atoms. The molecule has 1 heterocycles. The molecule has 0 atom stereocenters. The minimum atomic E-state index is -3.51. The van der Waals surface area contributed by atoms with E-state index in [9.17, 15) is 13.5 Å². The van der Waals surface area contributed by atoms with Crippen LogP contribution in [0.4, 0.5) is 0 Å². The van der Waals surface area contributed by atoms with Crippen LogP contribution < -0.4 is 9.47 Å². The van der Waals surface area contributed by atoms with Gasteiger partial charge in [0.05, 0.1) is 30.2 Å². The smallest absolute Gasteiger partial charge is 0.175 e. The minimum absolute atomic E-state index is 0.140. The average molecular weight is 476 g/mol. The minimum Gasteiger partial charge on any atom is -0.495 e. The lowest BCUT2D eigenvalue weighted by molar-refractivity contribution is 0.281. The molecule has 3 aromatic rings. The SMILES string of the molecule is CCCCOc1cc(S(C)(=O)=O)cc(-c2ccc(OC)c(Cl)c2)c1-c1cncc(CO)c1. The zero-order valence-corrected chi connectivity index (χ0v) is 19.8. The largest absolute Gasteiger partial charge is 0.495 e. The number of aromatic nitrogens is 1. The molecule has 0 saturated carbocycles. The van der Waals surface area contributed by atoms with Gasteiger partial charge in [0.15, 0.2) is 9.84 Å². The molecule has 0 unspecified atom stereocenters. The predicted octanol–water partition coefficient (Wildman–Crippen LogP) is 5.15. The fourth-order valence-electron chi connectivity index (χ4n) is 3.31. The third-order valence-corrected chi connectivity index (χ3v) is 6.38. The Balaban J connectivity index is 2.34. The molecular weight excluding hydrogens is 450 g/mol. The van der Waals surface area contributed by atoms with E-state index in [1.807, 2.05) is 12.1 Å². The molecule has 0 radical (unpaired) electrons. The lowest BCUT2D eigenvalue weighted by Crippen LogP contribution is -2.04. The molecule has 1 aromatic heterocycles. The highest BCUT2D eigenvalue weighted by atomic mass is 35.5. The summed E-state index contributed by atoms with van der Waals surface area (Å²) < 4.78 is 36.3. The molecule has 8 heteroatoms. The Morgan fingerprint density at radius 3 is 2.47 bits per heavy atom. The van der Waals surface area contributed by atoms with E-state index in [4.69, 9.17) is 21.1 Å². The van der Waals surface area contributed by atoms with Crippen LogP contribution in [0.15, 0.2) is 53.7 Å². The molecular formula is C24H26ClNO5S. The Labute approximate surface area is 193 Å². The molecule has 1 N–H and O–H groups in total. The summed E-state index contributed by atoms with van der Waals surface area (Å²) >= 11 is 6.38. The fraction of sp³-hybridized carbons (Fsp3) is 0.292. The van der Waals surface area contributed by atoms with Crippen molar-refractivity contribution in [1.29, 1.82) is 0 Å². The molecule has 170 valence electrons. The maximum atomic E-state index is 12.5. The molecule has 0 fully saturated rings. The third kappa shape index (κ3) is 5.41. The number of methoxy groups -OCH3 is 1. The number of pyridine rings is 1. The van der Waals surface area contributed by atoms with E-state index in [0.717, 1.165) is 19.1 Å². The molecule has 0 aliphatic carbocycles. The standard InChI is InChI=1S/C24H26ClNO5S/c1-4-5-8-31-23-12-19(32(3,28)29)11-20(17-6-7-22(30-2)21(25)10-17)24(23)18-9-16(15-27)13-26-14-18/h6-7,9-14,27H,4-5,8,15H2,1-3H3. The first-order chi connectivity index (χ1) is 15.3. The summed E-state index contributed by atoms with van der Waals surface area (Å²) in [6, 6.07) is 10.2. The van der Waals surface area contributed by atoms with Crippen molar-refractivity contribution >= 4 is 21.4 Å². The summed E-state index contributed by atoms with van der Waals surface area (Å²) in [7, 11) is -1.98. The fourth-order valence-corrected chi connectivity index (χ4v) is 4.23. The number of aliphatic hydroxyl groups is 1. The molecule has 2 aromatic carbocycles. The van der Waals surface area contributed by atoms with Gasteiger partial charge in [0.2, 0.25) is 0 Å². The number of halogens is 1. The van der Waals surface area contributed by atoms with Crippen molar-refractivity contribution in [3.63, 3.8) is 0 Å². The van der Waals surface area contributed by atoms with E-state index < -0.39 is 9.84 Å². The zero-order valence-electron chi connectivity index (χ0n) is 18.3. The van der Waals surface area contributed by atoms with Gasteiger partial charge < -0.3 is 14.6 Å². The summed E-state index contributed by atoms with van der Waals surface area (Å²) in [5.41, 5.74) is 3.34. The predicted molar refractivity (Wildman–Crippen MR) is 126 cm³/mol. The van der Waals surface area contributed by atoms with Crippen molar-refractivity contribution in [3.05, 3.63) is 59.4 Å². The number of ether oxygens (including phenoxy) is 2. The highest BCUT2D eigenvalue weighted by molar-refractivity contribution is 7.90. The van der Waals surface area contributed by atoms with Gasteiger partial charge in [0, 0.05) is 29.8 Å². The van der Waals surface area contributed by atoms with Crippen LogP contribution in [0, 0.1) is 0 Å². The number of hydrogen-bond donors (Lipinski definition) is 1. The van der Waals surface area contributed by atoms with Crippen LogP contribution >= 0.6 is 11.6 Å². The maximum Gasteiger partial charge on any atom is 0.175 e. The maximum absolute atomic E-state index is 12.5. The van der Waals surface area contributed by atoms with Crippen LogP contribution in [-0.4, -0.2) is 38.5 Å².